The molecule has 0 amide bonds. The van der Waals surface area contributed by atoms with Gasteiger partial charge < -0.3 is 9.67 Å². The fourth-order valence-corrected chi connectivity index (χ4v) is 4.90. The molecule has 0 saturated heterocycles. The molecule has 0 bridgehead atoms. The van der Waals surface area contributed by atoms with Gasteiger partial charge in [-0.2, -0.15) is 0 Å². The summed E-state index contributed by atoms with van der Waals surface area (Å²) in [4.78, 5) is 9.75. The average Bonchev–Trinajstić information content (AvgIpc) is 3.23. The molecule has 3 atom stereocenters. The highest BCUT2D eigenvalue weighted by Crippen LogP contribution is 2.50. The molecular formula is C17H15N3OS. The molecule has 5 heteroatoms. The second-order valence-corrected chi connectivity index (χ2v) is 6.92. The van der Waals surface area contributed by atoms with E-state index < -0.39 is 6.10 Å². The van der Waals surface area contributed by atoms with Crippen LogP contribution in [0.2, 0.25) is 0 Å². The predicted molar refractivity (Wildman–Crippen MR) is 84.7 cm³/mol. The maximum atomic E-state index is 10.9. The zero-order valence-electron chi connectivity index (χ0n) is 11.9. The Balaban J connectivity index is 1.65. The quantitative estimate of drug-likeness (QED) is 0.751. The molecule has 5 rings (SSSR count). The van der Waals surface area contributed by atoms with E-state index in [-0.39, 0.29) is 12.0 Å². The van der Waals surface area contributed by atoms with Crippen LogP contribution in [0.4, 0.5) is 0 Å². The van der Waals surface area contributed by atoms with E-state index in [9.17, 15) is 5.11 Å². The fraction of sp³-hybridized carbons (Fsp3) is 0.294. The molecular weight excluding hydrogens is 294 g/mol. The molecule has 0 radical (unpaired) electrons. The number of thiazole rings is 1. The Labute approximate surface area is 132 Å². The van der Waals surface area contributed by atoms with E-state index in [1.54, 1.807) is 11.3 Å². The van der Waals surface area contributed by atoms with Crippen LogP contribution in [-0.4, -0.2) is 19.6 Å². The SMILES string of the molecule is O[C@H]1c2scnc2CC[C@@H]1[C@@H]1c2ccccc2-c2cncn21. The van der Waals surface area contributed by atoms with Gasteiger partial charge in [0, 0.05) is 11.5 Å². The van der Waals surface area contributed by atoms with Crippen LogP contribution in [0.15, 0.2) is 42.3 Å². The highest BCUT2D eigenvalue weighted by atomic mass is 32.1. The molecule has 2 aromatic heterocycles. The number of rotatable bonds is 1. The van der Waals surface area contributed by atoms with E-state index in [0.29, 0.717) is 0 Å². The molecule has 0 spiro atoms. The van der Waals surface area contributed by atoms with Crippen LogP contribution in [-0.2, 0) is 6.42 Å². The van der Waals surface area contributed by atoms with Crippen LogP contribution in [0.3, 0.4) is 0 Å². The van der Waals surface area contributed by atoms with E-state index in [0.717, 1.165) is 29.1 Å². The van der Waals surface area contributed by atoms with Gasteiger partial charge in [0.25, 0.3) is 0 Å². The van der Waals surface area contributed by atoms with E-state index in [4.69, 9.17) is 0 Å². The zero-order chi connectivity index (χ0) is 14.7. The summed E-state index contributed by atoms with van der Waals surface area (Å²) < 4.78 is 2.23. The van der Waals surface area contributed by atoms with Crippen LogP contribution < -0.4 is 0 Å². The number of hydrogen-bond acceptors (Lipinski definition) is 4. The molecule has 1 aliphatic carbocycles. The molecule has 0 unspecified atom stereocenters. The van der Waals surface area contributed by atoms with Gasteiger partial charge in [0.15, 0.2) is 0 Å². The minimum Gasteiger partial charge on any atom is -0.387 e. The van der Waals surface area contributed by atoms with Crippen LogP contribution in [0.25, 0.3) is 11.3 Å². The van der Waals surface area contributed by atoms with Gasteiger partial charge in [-0.15, -0.1) is 11.3 Å². The van der Waals surface area contributed by atoms with E-state index in [2.05, 4.69) is 38.8 Å². The van der Waals surface area contributed by atoms with Crippen molar-refractivity contribution in [2.45, 2.75) is 25.0 Å². The second-order valence-electron chi connectivity index (χ2n) is 6.03. The van der Waals surface area contributed by atoms with E-state index in [1.807, 2.05) is 18.0 Å². The van der Waals surface area contributed by atoms with Gasteiger partial charge in [-0.3, -0.25) is 0 Å². The monoisotopic (exact) mass is 309 g/mol. The lowest BCUT2D eigenvalue weighted by Gasteiger charge is -2.33. The van der Waals surface area contributed by atoms with Gasteiger partial charge in [-0.25, -0.2) is 9.97 Å². The van der Waals surface area contributed by atoms with Gasteiger partial charge in [-0.1, -0.05) is 24.3 Å². The van der Waals surface area contributed by atoms with Crippen molar-refractivity contribution < 1.29 is 5.11 Å². The molecule has 3 aromatic rings. The van der Waals surface area contributed by atoms with Crippen molar-refractivity contribution >= 4 is 11.3 Å². The Kier molecular flexibility index (Phi) is 2.57. The van der Waals surface area contributed by atoms with Crippen LogP contribution in [0.5, 0.6) is 0 Å². The lowest BCUT2D eigenvalue weighted by atomic mass is 9.80. The maximum Gasteiger partial charge on any atom is 0.0956 e. The molecule has 4 nitrogen and oxygen atoms in total. The van der Waals surface area contributed by atoms with Crippen molar-refractivity contribution in [1.82, 2.24) is 14.5 Å². The predicted octanol–water partition coefficient (Wildman–Crippen LogP) is 3.21. The highest BCUT2D eigenvalue weighted by molar-refractivity contribution is 7.09. The van der Waals surface area contributed by atoms with Crippen molar-refractivity contribution in [3.63, 3.8) is 0 Å². The summed E-state index contributed by atoms with van der Waals surface area (Å²) >= 11 is 1.57. The lowest BCUT2D eigenvalue weighted by Crippen LogP contribution is -2.27. The Morgan fingerprint density at radius 2 is 2.18 bits per heavy atom. The van der Waals surface area contributed by atoms with Crippen molar-refractivity contribution in [3.05, 3.63) is 58.4 Å². The van der Waals surface area contributed by atoms with Gasteiger partial charge in [0.05, 0.1) is 46.4 Å². The summed E-state index contributed by atoms with van der Waals surface area (Å²) in [5.74, 6) is 0.171. The highest BCUT2D eigenvalue weighted by Gasteiger charge is 2.41. The maximum absolute atomic E-state index is 10.9. The number of aryl methyl sites for hydroxylation is 1. The van der Waals surface area contributed by atoms with Gasteiger partial charge >= 0.3 is 0 Å². The molecule has 110 valence electrons. The summed E-state index contributed by atoms with van der Waals surface area (Å²) in [5, 5.41) is 10.9. The molecule has 1 aliphatic heterocycles. The first-order valence-electron chi connectivity index (χ1n) is 7.56. The normalized spacial score (nSPS) is 25.6. The smallest absolute Gasteiger partial charge is 0.0956 e. The molecule has 2 aliphatic rings. The van der Waals surface area contributed by atoms with Crippen molar-refractivity contribution in [3.8, 4) is 11.3 Å². The number of benzene rings is 1. The van der Waals surface area contributed by atoms with Crippen molar-refractivity contribution in [1.29, 1.82) is 0 Å². The van der Waals surface area contributed by atoms with E-state index >= 15 is 0 Å². The van der Waals surface area contributed by atoms with Crippen molar-refractivity contribution in [2.24, 2.45) is 5.92 Å². The molecule has 1 aromatic carbocycles. The third kappa shape index (κ3) is 1.55. The number of aliphatic hydroxyl groups excluding tert-OH is 1. The summed E-state index contributed by atoms with van der Waals surface area (Å²) in [5.41, 5.74) is 6.62. The van der Waals surface area contributed by atoms with Gasteiger partial charge in [0.1, 0.15) is 0 Å². The largest absolute Gasteiger partial charge is 0.387 e. The van der Waals surface area contributed by atoms with Crippen LogP contribution in [0.1, 0.15) is 34.7 Å². The third-order valence-corrected chi connectivity index (χ3v) is 5.93. The van der Waals surface area contributed by atoms with Crippen molar-refractivity contribution in [2.75, 3.05) is 0 Å². The number of fused-ring (bicyclic) bond motifs is 4. The first-order valence-corrected chi connectivity index (χ1v) is 8.44. The number of aromatic nitrogens is 3. The Bertz CT molecular complexity index is 853. The Morgan fingerprint density at radius 1 is 1.27 bits per heavy atom. The summed E-state index contributed by atoms with van der Waals surface area (Å²) in [6.07, 6.45) is 5.28. The number of nitrogens with zero attached hydrogens (tertiary/aromatic N) is 3. The molecule has 22 heavy (non-hydrogen) atoms. The standard InChI is InChI=1S/C17H15N3OS/c21-16-12(5-6-13-17(16)22-9-19-13)15-11-4-2-1-3-10(11)14-7-18-8-20(14)15/h1-4,7-9,12,15-16,21H,5-6H2/t12-,15+,16-/m1/s1. The topological polar surface area (TPSA) is 50.9 Å². The minimum atomic E-state index is -0.442. The molecule has 3 heterocycles. The Hall–Kier alpha value is -1.98. The molecule has 0 fully saturated rings. The van der Waals surface area contributed by atoms with Crippen LogP contribution in [0, 0.1) is 5.92 Å². The average molecular weight is 309 g/mol. The molecule has 0 saturated carbocycles. The summed E-state index contributed by atoms with van der Waals surface area (Å²) in [6, 6.07) is 8.65. The third-order valence-electron chi connectivity index (χ3n) is 4.99. The number of aliphatic hydroxyl groups is 1. The minimum absolute atomic E-state index is 0.166. The lowest BCUT2D eigenvalue weighted by molar-refractivity contribution is 0.0748. The summed E-state index contributed by atoms with van der Waals surface area (Å²) in [7, 11) is 0. The number of hydrogen-bond donors (Lipinski definition) is 1. The summed E-state index contributed by atoms with van der Waals surface area (Å²) in [6.45, 7) is 0. The first-order chi connectivity index (χ1) is 10.8. The van der Waals surface area contributed by atoms with Crippen LogP contribution >= 0.6 is 11.3 Å². The Morgan fingerprint density at radius 3 is 3.14 bits per heavy atom. The van der Waals surface area contributed by atoms with Gasteiger partial charge in [-0.05, 0) is 18.4 Å². The molecule has 1 N–H and O–H groups in total. The number of imidazole rings is 1. The van der Waals surface area contributed by atoms with E-state index in [1.165, 1.54) is 11.1 Å². The fourth-order valence-electron chi connectivity index (χ4n) is 4.00. The zero-order valence-corrected chi connectivity index (χ0v) is 12.7. The second kappa shape index (κ2) is 4.51. The van der Waals surface area contributed by atoms with Gasteiger partial charge in [0.2, 0.25) is 0 Å². The first kappa shape index (κ1) is 12.6.